The number of hydrogen-bond donors (Lipinski definition) is 2. The molecule has 0 aliphatic heterocycles. The molecule has 4 rings (SSSR count). The maximum atomic E-state index is 13.6. The van der Waals surface area contributed by atoms with Crippen molar-refractivity contribution in [3.05, 3.63) is 88.5 Å². The molecule has 0 aliphatic rings. The lowest BCUT2D eigenvalue weighted by Crippen LogP contribution is -2.03. The Bertz CT molecular complexity index is 1240. The summed E-state index contributed by atoms with van der Waals surface area (Å²) >= 11 is 0. The molecule has 0 saturated heterocycles. The van der Waals surface area contributed by atoms with Crippen LogP contribution in [0, 0.1) is 5.82 Å². The van der Waals surface area contributed by atoms with Crippen molar-refractivity contribution < 1.29 is 14.2 Å². The van der Waals surface area contributed by atoms with Crippen LogP contribution >= 0.6 is 0 Å². The second kappa shape index (κ2) is 7.43. The predicted octanol–water partition coefficient (Wildman–Crippen LogP) is 5.96. The zero-order valence-electron chi connectivity index (χ0n) is 16.1. The van der Waals surface area contributed by atoms with Crippen LogP contribution in [0.2, 0.25) is 0 Å². The fourth-order valence-electron chi connectivity index (χ4n) is 3.28. The SMILES string of the molecule is CC(C)c1ccc(-c2cc3c(O)cc(=O)[nH]c3cc2Oc2cccc(F)c2)cc1. The maximum absolute atomic E-state index is 13.6. The summed E-state index contributed by atoms with van der Waals surface area (Å²) in [4.78, 5) is 14.5. The average molecular weight is 389 g/mol. The summed E-state index contributed by atoms with van der Waals surface area (Å²) in [6, 6.07) is 18.5. The van der Waals surface area contributed by atoms with E-state index >= 15 is 0 Å². The van der Waals surface area contributed by atoms with Crippen molar-refractivity contribution in [2.24, 2.45) is 0 Å². The van der Waals surface area contributed by atoms with E-state index in [1.807, 2.05) is 24.3 Å². The van der Waals surface area contributed by atoms with Crippen LogP contribution in [0.3, 0.4) is 0 Å². The first-order chi connectivity index (χ1) is 13.9. The van der Waals surface area contributed by atoms with Crippen molar-refractivity contribution >= 4 is 10.9 Å². The molecule has 146 valence electrons. The third-order valence-corrected chi connectivity index (χ3v) is 4.83. The summed E-state index contributed by atoms with van der Waals surface area (Å²) in [7, 11) is 0. The van der Waals surface area contributed by atoms with Crippen LogP contribution in [-0.2, 0) is 0 Å². The van der Waals surface area contributed by atoms with Gasteiger partial charge in [0.25, 0.3) is 5.56 Å². The van der Waals surface area contributed by atoms with E-state index in [2.05, 4.69) is 18.8 Å². The van der Waals surface area contributed by atoms with Crippen molar-refractivity contribution in [3.63, 3.8) is 0 Å². The fourth-order valence-corrected chi connectivity index (χ4v) is 3.28. The molecule has 0 bridgehead atoms. The molecule has 1 heterocycles. The molecule has 0 unspecified atom stereocenters. The van der Waals surface area contributed by atoms with Gasteiger partial charge >= 0.3 is 0 Å². The summed E-state index contributed by atoms with van der Waals surface area (Å²) in [6.45, 7) is 4.25. The average Bonchev–Trinajstić information content (AvgIpc) is 2.67. The number of halogens is 1. The molecule has 2 N–H and O–H groups in total. The van der Waals surface area contributed by atoms with Crippen molar-refractivity contribution in [1.29, 1.82) is 0 Å². The Morgan fingerprint density at radius 3 is 2.45 bits per heavy atom. The molecule has 0 amide bonds. The summed E-state index contributed by atoms with van der Waals surface area (Å²) in [6.07, 6.45) is 0. The number of aromatic hydroxyl groups is 1. The monoisotopic (exact) mass is 389 g/mol. The van der Waals surface area contributed by atoms with Crippen molar-refractivity contribution in [2.75, 3.05) is 0 Å². The molecule has 0 fully saturated rings. The van der Waals surface area contributed by atoms with Gasteiger partial charge in [0, 0.05) is 29.1 Å². The molecular formula is C24H20FNO3. The van der Waals surface area contributed by atoms with Crippen molar-refractivity contribution in [3.8, 4) is 28.4 Å². The largest absolute Gasteiger partial charge is 0.507 e. The molecule has 4 nitrogen and oxygen atoms in total. The minimum Gasteiger partial charge on any atom is -0.507 e. The fraction of sp³-hybridized carbons (Fsp3) is 0.125. The highest BCUT2D eigenvalue weighted by Crippen LogP contribution is 2.38. The molecule has 1 aromatic heterocycles. The van der Waals surface area contributed by atoms with E-state index in [-0.39, 0.29) is 5.75 Å². The highest BCUT2D eigenvalue weighted by Gasteiger charge is 2.14. The number of nitrogens with one attached hydrogen (secondary N) is 1. The predicted molar refractivity (Wildman–Crippen MR) is 112 cm³/mol. The standard InChI is InChI=1S/C24H20FNO3/c1-14(2)15-6-8-16(9-7-15)19-11-20-21(26-24(28)13-22(20)27)12-23(19)29-18-5-3-4-17(25)10-18/h3-14H,1-2H3,(H2,26,27,28). The number of ether oxygens (including phenoxy) is 1. The number of hydrogen-bond acceptors (Lipinski definition) is 3. The number of rotatable bonds is 4. The third kappa shape index (κ3) is 3.85. The van der Waals surface area contributed by atoms with Gasteiger partial charge in [-0.2, -0.15) is 0 Å². The first-order valence-electron chi connectivity index (χ1n) is 9.34. The van der Waals surface area contributed by atoms with Crippen LogP contribution in [0.4, 0.5) is 4.39 Å². The van der Waals surface area contributed by atoms with E-state index < -0.39 is 11.4 Å². The molecule has 29 heavy (non-hydrogen) atoms. The van der Waals surface area contributed by atoms with E-state index in [1.54, 1.807) is 24.3 Å². The first kappa shape index (κ1) is 18.7. The number of fused-ring (bicyclic) bond motifs is 1. The van der Waals surface area contributed by atoms with Gasteiger partial charge in [-0.05, 0) is 35.2 Å². The van der Waals surface area contributed by atoms with Gasteiger partial charge in [-0.3, -0.25) is 4.79 Å². The summed E-state index contributed by atoms with van der Waals surface area (Å²) in [5.41, 5.74) is 2.83. The number of pyridine rings is 1. The van der Waals surface area contributed by atoms with E-state index in [4.69, 9.17) is 4.74 Å². The minimum atomic E-state index is -0.416. The van der Waals surface area contributed by atoms with Crippen LogP contribution < -0.4 is 10.3 Å². The second-order valence-electron chi connectivity index (χ2n) is 7.25. The van der Waals surface area contributed by atoms with Gasteiger partial charge in [0.15, 0.2) is 0 Å². The third-order valence-electron chi connectivity index (χ3n) is 4.83. The zero-order valence-corrected chi connectivity index (χ0v) is 16.1. The summed E-state index contributed by atoms with van der Waals surface area (Å²) < 4.78 is 19.6. The lowest BCUT2D eigenvalue weighted by atomic mass is 9.97. The highest BCUT2D eigenvalue weighted by molar-refractivity contribution is 5.92. The Hall–Kier alpha value is -3.60. The smallest absolute Gasteiger partial charge is 0.252 e. The quantitative estimate of drug-likeness (QED) is 0.453. The van der Waals surface area contributed by atoms with Gasteiger partial charge in [0.05, 0.1) is 5.52 Å². The van der Waals surface area contributed by atoms with Gasteiger partial charge in [0.2, 0.25) is 0 Å². The van der Waals surface area contributed by atoms with Gasteiger partial charge < -0.3 is 14.8 Å². The van der Waals surface area contributed by atoms with Gasteiger partial charge in [-0.15, -0.1) is 0 Å². The lowest BCUT2D eigenvalue weighted by molar-refractivity contribution is 0.477. The molecule has 4 aromatic rings. The van der Waals surface area contributed by atoms with Crippen LogP contribution in [0.5, 0.6) is 17.2 Å². The topological polar surface area (TPSA) is 62.3 Å². The summed E-state index contributed by atoms with van der Waals surface area (Å²) in [5.74, 6) is 0.671. The normalized spacial score (nSPS) is 11.2. The van der Waals surface area contributed by atoms with E-state index in [0.717, 1.165) is 17.2 Å². The Morgan fingerprint density at radius 2 is 1.76 bits per heavy atom. The maximum Gasteiger partial charge on any atom is 0.252 e. The zero-order chi connectivity index (χ0) is 20.5. The van der Waals surface area contributed by atoms with Crippen molar-refractivity contribution in [2.45, 2.75) is 19.8 Å². The van der Waals surface area contributed by atoms with Crippen LogP contribution in [-0.4, -0.2) is 10.1 Å². The Kier molecular flexibility index (Phi) is 4.80. The van der Waals surface area contributed by atoms with E-state index in [0.29, 0.717) is 28.3 Å². The van der Waals surface area contributed by atoms with Gasteiger partial charge in [-0.25, -0.2) is 4.39 Å². The second-order valence-corrected chi connectivity index (χ2v) is 7.25. The molecule has 5 heteroatoms. The highest BCUT2D eigenvalue weighted by atomic mass is 19.1. The number of aromatic nitrogens is 1. The molecular weight excluding hydrogens is 369 g/mol. The van der Waals surface area contributed by atoms with E-state index in [1.165, 1.54) is 17.7 Å². The Balaban J connectivity index is 1.90. The Labute approximate surface area is 167 Å². The van der Waals surface area contributed by atoms with E-state index in [9.17, 15) is 14.3 Å². The van der Waals surface area contributed by atoms with Gasteiger partial charge in [-0.1, -0.05) is 44.2 Å². The molecule has 0 radical (unpaired) electrons. The van der Waals surface area contributed by atoms with Crippen LogP contribution in [0.25, 0.3) is 22.0 Å². The number of H-pyrrole nitrogens is 1. The molecule has 3 aromatic carbocycles. The van der Waals surface area contributed by atoms with Crippen LogP contribution in [0.1, 0.15) is 25.3 Å². The lowest BCUT2D eigenvalue weighted by Gasteiger charge is -2.15. The number of benzene rings is 3. The Morgan fingerprint density at radius 1 is 1.00 bits per heavy atom. The minimum absolute atomic E-state index is 0.110. The van der Waals surface area contributed by atoms with Crippen molar-refractivity contribution in [1.82, 2.24) is 4.98 Å². The first-order valence-corrected chi connectivity index (χ1v) is 9.34. The summed E-state index contributed by atoms with van der Waals surface area (Å²) in [5, 5.41) is 10.7. The molecule has 0 saturated carbocycles. The van der Waals surface area contributed by atoms with Crippen LogP contribution in [0.15, 0.2) is 71.5 Å². The number of aromatic amines is 1. The molecule has 0 spiro atoms. The van der Waals surface area contributed by atoms with Gasteiger partial charge in [0.1, 0.15) is 23.1 Å². The molecule has 0 aliphatic carbocycles. The molecule has 0 atom stereocenters.